The molecule has 3 saturated heterocycles. The molecule has 4 nitrogen and oxygen atoms in total. The maximum atomic E-state index is 11.6. The standard InChI is InChI=1S/C14H26N2O2S/c1-2-16(13-5-7-19(17,18)8-6-13)14-9-11-3-4-12(10-14)15-11/h11-15H,2-10H2,1H3. The Balaban J connectivity index is 1.64. The highest BCUT2D eigenvalue weighted by Gasteiger charge is 2.38. The highest BCUT2D eigenvalue weighted by atomic mass is 32.2. The van der Waals surface area contributed by atoms with E-state index in [0.717, 1.165) is 19.4 Å². The van der Waals surface area contributed by atoms with Crippen molar-refractivity contribution in [2.45, 2.75) is 69.6 Å². The molecular weight excluding hydrogens is 260 g/mol. The Hall–Kier alpha value is -0.130. The van der Waals surface area contributed by atoms with Gasteiger partial charge in [-0.1, -0.05) is 6.92 Å². The monoisotopic (exact) mass is 286 g/mol. The summed E-state index contributed by atoms with van der Waals surface area (Å²) in [5, 5.41) is 3.69. The topological polar surface area (TPSA) is 49.4 Å². The second-order valence-electron chi connectivity index (χ2n) is 6.48. The van der Waals surface area contributed by atoms with E-state index in [1.54, 1.807) is 0 Å². The van der Waals surface area contributed by atoms with Gasteiger partial charge >= 0.3 is 0 Å². The fourth-order valence-corrected chi connectivity index (χ4v) is 5.79. The van der Waals surface area contributed by atoms with Gasteiger partial charge in [0.1, 0.15) is 9.84 Å². The number of fused-ring (bicyclic) bond motifs is 2. The molecule has 110 valence electrons. The molecule has 0 aromatic carbocycles. The van der Waals surface area contributed by atoms with Gasteiger partial charge in [0.05, 0.1) is 11.5 Å². The Labute approximate surface area is 116 Å². The van der Waals surface area contributed by atoms with E-state index in [2.05, 4.69) is 17.1 Å². The van der Waals surface area contributed by atoms with Gasteiger partial charge in [0.15, 0.2) is 0 Å². The Morgan fingerprint density at radius 3 is 2.11 bits per heavy atom. The molecule has 0 aromatic heterocycles. The molecule has 2 atom stereocenters. The second kappa shape index (κ2) is 5.34. The van der Waals surface area contributed by atoms with E-state index in [1.165, 1.54) is 25.7 Å². The van der Waals surface area contributed by atoms with Crippen LogP contribution in [0.4, 0.5) is 0 Å². The second-order valence-corrected chi connectivity index (χ2v) is 8.78. The minimum atomic E-state index is -2.74. The number of rotatable bonds is 3. The van der Waals surface area contributed by atoms with E-state index in [1.807, 2.05) is 0 Å². The fourth-order valence-electron chi connectivity index (χ4n) is 4.32. The summed E-state index contributed by atoms with van der Waals surface area (Å²) < 4.78 is 23.1. The van der Waals surface area contributed by atoms with Crippen molar-refractivity contribution >= 4 is 9.84 Å². The van der Waals surface area contributed by atoms with Gasteiger partial charge in [-0.2, -0.15) is 0 Å². The van der Waals surface area contributed by atoms with Crippen LogP contribution in [0.2, 0.25) is 0 Å². The van der Waals surface area contributed by atoms with Crippen LogP contribution in [-0.4, -0.2) is 55.5 Å². The maximum Gasteiger partial charge on any atom is 0.150 e. The normalized spacial score (nSPS) is 38.7. The zero-order valence-electron chi connectivity index (χ0n) is 11.8. The molecule has 2 unspecified atom stereocenters. The number of sulfone groups is 1. The third-order valence-electron chi connectivity index (χ3n) is 5.28. The molecule has 3 fully saturated rings. The van der Waals surface area contributed by atoms with Crippen LogP contribution in [0.1, 0.15) is 45.4 Å². The van der Waals surface area contributed by atoms with E-state index in [9.17, 15) is 8.42 Å². The van der Waals surface area contributed by atoms with Crippen LogP contribution < -0.4 is 5.32 Å². The van der Waals surface area contributed by atoms with Crippen LogP contribution in [0.3, 0.4) is 0 Å². The summed E-state index contributed by atoms with van der Waals surface area (Å²) in [5.41, 5.74) is 0. The van der Waals surface area contributed by atoms with E-state index < -0.39 is 9.84 Å². The molecule has 5 heteroatoms. The van der Waals surface area contributed by atoms with Gasteiger partial charge in [-0.05, 0) is 45.1 Å². The lowest BCUT2D eigenvalue weighted by Crippen LogP contribution is -2.53. The first-order valence-corrected chi connectivity index (χ1v) is 9.62. The molecule has 0 amide bonds. The van der Waals surface area contributed by atoms with Gasteiger partial charge < -0.3 is 5.32 Å². The van der Waals surface area contributed by atoms with Crippen LogP contribution in [0.15, 0.2) is 0 Å². The van der Waals surface area contributed by atoms with Gasteiger partial charge in [-0.15, -0.1) is 0 Å². The van der Waals surface area contributed by atoms with Crippen molar-refractivity contribution in [3.8, 4) is 0 Å². The minimum Gasteiger partial charge on any atom is -0.311 e. The Kier molecular flexibility index (Phi) is 3.89. The molecule has 19 heavy (non-hydrogen) atoms. The summed E-state index contributed by atoms with van der Waals surface area (Å²) in [4.78, 5) is 2.61. The van der Waals surface area contributed by atoms with Crippen molar-refractivity contribution in [1.29, 1.82) is 0 Å². The highest BCUT2D eigenvalue weighted by Crippen LogP contribution is 2.32. The number of piperidine rings is 1. The first-order chi connectivity index (χ1) is 9.07. The lowest BCUT2D eigenvalue weighted by Gasteiger charge is -2.43. The van der Waals surface area contributed by atoms with Crippen molar-refractivity contribution in [2.24, 2.45) is 0 Å². The molecule has 0 radical (unpaired) electrons. The zero-order valence-corrected chi connectivity index (χ0v) is 12.7. The van der Waals surface area contributed by atoms with Crippen molar-refractivity contribution in [3.05, 3.63) is 0 Å². The van der Waals surface area contributed by atoms with Crippen LogP contribution in [0.25, 0.3) is 0 Å². The molecular formula is C14H26N2O2S. The summed E-state index contributed by atoms with van der Waals surface area (Å²) in [5.74, 6) is 0.790. The van der Waals surface area contributed by atoms with Crippen LogP contribution in [-0.2, 0) is 9.84 Å². The number of nitrogens with zero attached hydrogens (tertiary/aromatic N) is 1. The summed E-state index contributed by atoms with van der Waals surface area (Å²) in [6.45, 7) is 3.29. The van der Waals surface area contributed by atoms with Gasteiger partial charge in [0.2, 0.25) is 0 Å². The predicted molar refractivity (Wildman–Crippen MR) is 77.0 cm³/mol. The van der Waals surface area contributed by atoms with Gasteiger partial charge in [0, 0.05) is 24.2 Å². The lowest BCUT2D eigenvalue weighted by molar-refractivity contribution is 0.0935. The zero-order chi connectivity index (χ0) is 13.5. The van der Waals surface area contributed by atoms with Crippen molar-refractivity contribution < 1.29 is 8.42 Å². The van der Waals surface area contributed by atoms with Crippen LogP contribution in [0, 0.1) is 0 Å². The quantitative estimate of drug-likeness (QED) is 0.846. The van der Waals surface area contributed by atoms with Crippen molar-refractivity contribution in [3.63, 3.8) is 0 Å². The highest BCUT2D eigenvalue weighted by molar-refractivity contribution is 7.91. The van der Waals surface area contributed by atoms with E-state index in [-0.39, 0.29) is 0 Å². The molecule has 0 aromatic rings. The van der Waals surface area contributed by atoms with E-state index >= 15 is 0 Å². The molecule has 0 aliphatic carbocycles. The van der Waals surface area contributed by atoms with Gasteiger partial charge in [-0.25, -0.2) is 8.42 Å². The summed E-state index contributed by atoms with van der Waals surface area (Å²) >= 11 is 0. The molecule has 0 saturated carbocycles. The number of nitrogens with one attached hydrogen (secondary N) is 1. The maximum absolute atomic E-state index is 11.6. The molecule has 3 rings (SSSR count). The third-order valence-corrected chi connectivity index (χ3v) is 6.99. The average molecular weight is 286 g/mol. The Morgan fingerprint density at radius 2 is 1.58 bits per heavy atom. The van der Waals surface area contributed by atoms with Crippen molar-refractivity contribution in [2.75, 3.05) is 18.1 Å². The average Bonchev–Trinajstić information content (AvgIpc) is 2.71. The minimum absolute atomic E-state index is 0.395. The first kappa shape index (κ1) is 13.8. The predicted octanol–water partition coefficient (Wildman–Crippen LogP) is 1.17. The molecule has 3 heterocycles. The summed E-state index contributed by atoms with van der Waals surface area (Å²) in [6, 6.07) is 2.60. The largest absolute Gasteiger partial charge is 0.311 e. The SMILES string of the molecule is CCN(C1CCS(=O)(=O)CC1)C1CC2CCC(C1)N2. The molecule has 2 bridgehead atoms. The smallest absolute Gasteiger partial charge is 0.150 e. The molecule has 1 N–H and O–H groups in total. The lowest BCUT2D eigenvalue weighted by atomic mass is 9.95. The summed E-state index contributed by atoms with van der Waals surface area (Å²) in [6.07, 6.45) is 6.86. The van der Waals surface area contributed by atoms with E-state index in [4.69, 9.17) is 0 Å². The third kappa shape index (κ3) is 2.98. The summed E-state index contributed by atoms with van der Waals surface area (Å²) in [7, 11) is -2.74. The number of hydrogen-bond acceptors (Lipinski definition) is 4. The molecule has 3 aliphatic rings. The van der Waals surface area contributed by atoms with Crippen LogP contribution in [0.5, 0.6) is 0 Å². The van der Waals surface area contributed by atoms with Crippen LogP contribution >= 0.6 is 0 Å². The first-order valence-electron chi connectivity index (χ1n) is 7.79. The number of hydrogen-bond donors (Lipinski definition) is 1. The molecule has 0 spiro atoms. The Bertz CT molecular complexity index is 397. The molecule has 3 aliphatic heterocycles. The Morgan fingerprint density at radius 1 is 1.00 bits per heavy atom. The fraction of sp³-hybridized carbons (Fsp3) is 1.00. The van der Waals surface area contributed by atoms with Gasteiger partial charge in [-0.3, -0.25) is 4.90 Å². The van der Waals surface area contributed by atoms with Crippen molar-refractivity contribution in [1.82, 2.24) is 10.2 Å². The van der Waals surface area contributed by atoms with Gasteiger partial charge in [0.25, 0.3) is 0 Å². The van der Waals surface area contributed by atoms with E-state index in [0.29, 0.717) is 35.7 Å².